The Morgan fingerprint density at radius 1 is 1.40 bits per heavy atom. The number of fused-ring (bicyclic) bond motifs is 1. The van der Waals surface area contributed by atoms with Crippen LogP contribution in [0.2, 0.25) is 0 Å². The summed E-state index contributed by atoms with van der Waals surface area (Å²) in [6.07, 6.45) is 4.64. The van der Waals surface area contributed by atoms with Crippen molar-refractivity contribution in [3.05, 3.63) is 35.7 Å². The lowest BCUT2D eigenvalue weighted by Crippen LogP contribution is -2.55. The summed E-state index contributed by atoms with van der Waals surface area (Å²) in [5.41, 5.74) is 2.98. The fourth-order valence-electron chi connectivity index (χ4n) is 3.99. The number of amides is 1. The largest absolute Gasteiger partial charge is 0.496 e. The maximum absolute atomic E-state index is 12.7. The summed E-state index contributed by atoms with van der Waals surface area (Å²) >= 11 is 0. The Bertz CT molecular complexity index is 970. The van der Waals surface area contributed by atoms with Crippen LogP contribution >= 0.6 is 0 Å². The van der Waals surface area contributed by atoms with E-state index in [4.69, 9.17) is 9.47 Å². The van der Waals surface area contributed by atoms with Crippen molar-refractivity contribution in [2.24, 2.45) is 12.0 Å². The molecule has 2 aliphatic heterocycles. The number of piperazine rings is 1. The van der Waals surface area contributed by atoms with E-state index in [1.807, 2.05) is 24.2 Å². The predicted molar refractivity (Wildman–Crippen MR) is 114 cm³/mol. The lowest BCUT2D eigenvalue weighted by molar-refractivity contribution is -0.120. The molecule has 2 aromatic rings. The van der Waals surface area contributed by atoms with Crippen LogP contribution in [0.15, 0.2) is 29.5 Å². The number of methoxy groups -OCH3 is 1. The summed E-state index contributed by atoms with van der Waals surface area (Å²) in [5.74, 6) is 2.45. The molecule has 2 aliphatic rings. The molecule has 4 rings (SSSR count). The molecule has 9 nitrogen and oxygen atoms in total. The van der Waals surface area contributed by atoms with Crippen LogP contribution in [0.1, 0.15) is 18.1 Å². The van der Waals surface area contributed by atoms with Crippen LogP contribution < -0.4 is 19.7 Å². The molecule has 0 bridgehead atoms. The van der Waals surface area contributed by atoms with Gasteiger partial charge in [0.25, 0.3) is 0 Å². The second-order valence-electron chi connectivity index (χ2n) is 7.64. The highest BCUT2D eigenvalue weighted by Gasteiger charge is 2.28. The van der Waals surface area contributed by atoms with Gasteiger partial charge in [0.15, 0.2) is 5.96 Å². The second-order valence-corrected chi connectivity index (χ2v) is 7.64. The standard InChI is InChI=1S/C21H28N6O3/c1-14-7-15-8-18(29-4)16(9-19(15)30-14)10-23-21(22-2)26-5-6-27(20(28)13-26)17-11-24-25(3)12-17/h8-9,11-12,14H,5-7,10,13H2,1-4H3,(H,22,23). The zero-order valence-corrected chi connectivity index (χ0v) is 17.9. The van der Waals surface area contributed by atoms with Gasteiger partial charge in [0, 0.05) is 57.5 Å². The van der Waals surface area contributed by atoms with Crippen molar-refractivity contribution >= 4 is 17.6 Å². The summed E-state index contributed by atoms with van der Waals surface area (Å²) < 4.78 is 13.2. The van der Waals surface area contributed by atoms with E-state index in [9.17, 15) is 4.79 Å². The van der Waals surface area contributed by atoms with Gasteiger partial charge in [-0.2, -0.15) is 5.10 Å². The number of hydrogen-bond donors (Lipinski definition) is 1. The molecule has 30 heavy (non-hydrogen) atoms. The van der Waals surface area contributed by atoms with E-state index in [2.05, 4.69) is 28.4 Å². The second kappa shape index (κ2) is 8.25. The van der Waals surface area contributed by atoms with Gasteiger partial charge in [0.2, 0.25) is 5.91 Å². The van der Waals surface area contributed by atoms with Gasteiger partial charge in [0.1, 0.15) is 24.1 Å². The van der Waals surface area contributed by atoms with Gasteiger partial charge in [-0.1, -0.05) is 0 Å². The number of aliphatic imine (C=N–C) groups is 1. The molecule has 1 aromatic carbocycles. The number of anilines is 1. The van der Waals surface area contributed by atoms with Crippen molar-refractivity contribution in [1.82, 2.24) is 20.0 Å². The zero-order chi connectivity index (χ0) is 21.3. The smallest absolute Gasteiger partial charge is 0.246 e. The fourth-order valence-corrected chi connectivity index (χ4v) is 3.99. The first kappa shape index (κ1) is 20.1. The Morgan fingerprint density at radius 2 is 2.23 bits per heavy atom. The highest BCUT2D eigenvalue weighted by atomic mass is 16.5. The molecule has 1 amide bonds. The Balaban J connectivity index is 1.41. The van der Waals surface area contributed by atoms with E-state index in [1.54, 1.807) is 29.9 Å². The molecular weight excluding hydrogens is 384 g/mol. The maximum Gasteiger partial charge on any atom is 0.246 e. The summed E-state index contributed by atoms with van der Waals surface area (Å²) in [6.45, 7) is 4.12. The Hall–Kier alpha value is -3.23. The summed E-state index contributed by atoms with van der Waals surface area (Å²) in [7, 11) is 5.25. The minimum Gasteiger partial charge on any atom is -0.496 e. The average Bonchev–Trinajstić information content (AvgIpc) is 3.31. The molecule has 9 heteroatoms. The average molecular weight is 412 g/mol. The normalized spacial score (nSPS) is 19.0. The summed E-state index contributed by atoms with van der Waals surface area (Å²) in [4.78, 5) is 20.8. The molecule has 1 saturated heterocycles. The van der Waals surface area contributed by atoms with Crippen LogP contribution in [0.5, 0.6) is 11.5 Å². The molecule has 160 valence electrons. The number of benzene rings is 1. The number of aryl methyl sites for hydroxylation is 1. The van der Waals surface area contributed by atoms with E-state index >= 15 is 0 Å². The molecule has 3 heterocycles. The number of carbonyl (C=O) groups is 1. The lowest BCUT2D eigenvalue weighted by Gasteiger charge is -2.35. The van der Waals surface area contributed by atoms with Crippen LogP contribution in [0.3, 0.4) is 0 Å². The van der Waals surface area contributed by atoms with Gasteiger partial charge < -0.3 is 24.6 Å². The molecule has 0 radical (unpaired) electrons. The first-order valence-corrected chi connectivity index (χ1v) is 10.1. The van der Waals surface area contributed by atoms with Crippen molar-refractivity contribution in [2.75, 3.05) is 38.7 Å². The minimum absolute atomic E-state index is 0.0229. The van der Waals surface area contributed by atoms with Crippen molar-refractivity contribution in [3.8, 4) is 11.5 Å². The zero-order valence-electron chi connectivity index (χ0n) is 17.9. The fraction of sp³-hybridized carbons (Fsp3) is 0.476. The third kappa shape index (κ3) is 3.92. The SMILES string of the molecule is CN=C(NCc1cc2c(cc1OC)CC(C)O2)N1CCN(c2cnn(C)c2)C(=O)C1. The molecular formula is C21H28N6O3. The maximum atomic E-state index is 12.7. The van der Waals surface area contributed by atoms with Crippen molar-refractivity contribution in [1.29, 1.82) is 0 Å². The number of aromatic nitrogens is 2. The Kier molecular flexibility index (Phi) is 5.52. The topological polar surface area (TPSA) is 84.2 Å². The third-order valence-corrected chi connectivity index (χ3v) is 5.47. The quantitative estimate of drug-likeness (QED) is 0.600. The van der Waals surface area contributed by atoms with Crippen LogP contribution in [0, 0.1) is 0 Å². The third-order valence-electron chi connectivity index (χ3n) is 5.47. The first-order chi connectivity index (χ1) is 14.5. The Labute approximate surface area is 176 Å². The molecule has 1 fully saturated rings. The van der Waals surface area contributed by atoms with Crippen molar-refractivity contribution in [3.63, 3.8) is 0 Å². The van der Waals surface area contributed by atoms with Crippen LogP contribution in [0.25, 0.3) is 0 Å². The molecule has 1 N–H and O–H groups in total. The van der Waals surface area contributed by atoms with Gasteiger partial charge in [0.05, 0.1) is 19.0 Å². The van der Waals surface area contributed by atoms with E-state index in [0.29, 0.717) is 25.6 Å². The highest BCUT2D eigenvalue weighted by molar-refractivity contribution is 5.98. The number of rotatable bonds is 4. The minimum atomic E-state index is 0.0229. The number of ether oxygens (including phenoxy) is 2. The van der Waals surface area contributed by atoms with E-state index in [1.165, 1.54) is 5.56 Å². The number of nitrogens with one attached hydrogen (secondary N) is 1. The monoisotopic (exact) mass is 412 g/mol. The van der Waals surface area contributed by atoms with E-state index in [-0.39, 0.29) is 18.6 Å². The number of hydrogen-bond acceptors (Lipinski definition) is 5. The highest BCUT2D eigenvalue weighted by Crippen LogP contribution is 2.35. The molecule has 1 unspecified atom stereocenters. The first-order valence-electron chi connectivity index (χ1n) is 10.1. The lowest BCUT2D eigenvalue weighted by atomic mass is 10.1. The van der Waals surface area contributed by atoms with Gasteiger partial charge in [-0.05, 0) is 19.1 Å². The van der Waals surface area contributed by atoms with Crippen LogP contribution in [0.4, 0.5) is 5.69 Å². The summed E-state index contributed by atoms with van der Waals surface area (Å²) in [5, 5.41) is 7.52. The van der Waals surface area contributed by atoms with E-state index in [0.717, 1.165) is 29.2 Å². The molecule has 0 saturated carbocycles. The molecule has 1 aromatic heterocycles. The van der Waals surface area contributed by atoms with Crippen LogP contribution in [-0.4, -0.2) is 66.4 Å². The van der Waals surface area contributed by atoms with Gasteiger partial charge in [-0.25, -0.2) is 0 Å². The number of nitrogens with zero attached hydrogens (tertiary/aromatic N) is 5. The predicted octanol–water partition coefficient (Wildman–Crippen LogP) is 1.18. The molecule has 0 spiro atoms. The Morgan fingerprint density at radius 3 is 2.90 bits per heavy atom. The van der Waals surface area contributed by atoms with Crippen LogP contribution in [-0.2, 0) is 24.8 Å². The van der Waals surface area contributed by atoms with E-state index < -0.39 is 0 Å². The number of carbonyl (C=O) groups excluding carboxylic acids is 1. The van der Waals surface area contributed by atoms with Gasteiger partial charge in [-0.15, -0.1) is 0 Å². The molecule has 0 aliphatic carbocycles. The molecule has 1 atom stereocenters. The van der Waals surface area contributed by atoms with Crippen molar-refractivity contribution < 1.29 is 14.3 Å². The number of guanidine groups is 1. The van der Waals surface area contributed by atoms with Gasteiger partial charge in [-0.3, -0.25) is 14.5 Å². The van der Waals surface area contributed by atoms with Gasteiger partial charge >= 0.3 is 0 Å². The van der Waals surface area contributed by atoms with Crippen molar-refractivity contribution in [2.45, 2.75) is 26.0 Å². The summed E-state index contributed by atoms with van der Waals surface area (Å²) in [6, 6.07) is 4.08.